The maximum absolute atomic E-state index is 12.8. The van der Waals surface area contributed by atoms with E-state index in [1.165, 1.54) is 167 Å². The molecule has 0 rings (SSSR count). The minimum Gasteiger partial charge on any atom is -0.391 e. The SMILES string of the molecule is CCCCCCCCCCCCCCCCCCCCC(O)C(COP(=O)(O)OCCN)NC(=O)CCCCCCCCCCCCCCCC. The van der Waals surface area contributed by atoms with E-state index < -0.39 is 20.0 Å². The van der Waals surface area contributed by atoms with Crippen molar-refractivity contribution >= 4 is 13.7 Å². The standard InChI is InChI=1S/C42H87N2O6P/c1-3-5-7-9-11-13-15-17-19-20-21-22-23-25-27-29-31-33-35-41(45)40(39-50-51(47,48)49-38-37-43)44-42(46)36-34-32-30-28-26-24-18-16-14-12-10-8-6-4-2/h40-41,45H,3-39,43H2,1-2H3,(H,44,46)(H,47,48). The van der Waals surface area contributed by atoms with Crippen LogP contribution in [0.15, 0.2) is 0 Å². The summed E-state index contributed by atoms with van der Waals surface area (Å²) in [6, 6.07) is -0.767. The summed E-state index contributed by atoms with van der Waals surface area (Å²) < 4.78 is 22.2. The highest BCUT2D eigenvalue weighted by molar-refractivity contribution is 7.47. The number of carbonyl (C=O) groups excluding carboxylic acids is 1. The number of aliphatic hydroxyl groups excluding tert-OH is 1. The highest BCUT2D eigenvalue weighted by atomic mass is 31.2. The molecule has 0 aliphatic rings. The highest BCUT2D eigenvalue weighted by Crippen LogP contribution is 2.43. The molecule has 0 aliphatic carbocycles. The van der Waals surface area contributed by atoms with E-state index in [-0.39, 0.29) is 25.7 Å². The van der Waals surface area contributed by atoms with Gasteiger partial charge in [0.1, 0.15) is 0 Å². The third-order valence-corrected chi connectivity index (χ3v) is 11.2. The smallest absolute Gasteiger partial charge is 0.391 e. The Balaban J connectivity index is 4.11. The summed E-state index contributed by atoms with van der Waals surface area (Å²) in [7, 11) is -4.31. The lowest BCUT2D eigenvalue weighted by molar-refractivity contribution is -0.123. The van der Waals surface area contributed by atoms with Gasteiger partial charge >= 0.3 is 7.82 Å². The molecule has 0 bridgehead atoms. The summed E-state index contributed by atoms with van der Waals surface area (Å²) in [6.07, 6.45) is 41.1. The number of phosphoric acid groups is 1. The molecule has 1 amide bonds. The zero-order valence-electron chi connectivity index (χ0n) is 33.9. The van der Waals surface area contributed by atoms with Crippen molar-refractivity contribution in [2.24, 2.45) is 5.73 Å². The normalized spacial score (nSPS) is 14.1. The third kappa shape index (κ3) is 37.6. The van der Waals surface area contributed by atoms with Gasteiger partial charge in [-0.05, 0) is 12.8 Å². The second kappa shape index (κ2) is 39.2. The van der Waals surface area contributed by atoms with Gasteiger partial charge in [0.15, 0.2) is 0 Å². The van der Waals surface area contributed by atoms with E-state index in [2.05, 4.69) is 19.2 Å². The van der Waals surface area contributed by atoms with Crippen LogP contribution in [-0.4, -0.2) is 47.8 Å². The molecule has 9 heteroatoms. The van der Waals surface area contributed by atoms with Crippen LogP contribution in [0.2, 0.25) is 0 Å². The quantitative estimate of drug-likeness (QED) is 0.0361. The van der Waals surface area contributed by atoms with Crippen LogP contribution < -0.4 is 11.1 Å². The van der Waals surface area contributed by atoms with Gasteiger partial charge in [0.05, 0.1) is 25.4 Å². The van der Waals surface area contributed by atoms with Crippen LogP contribution in [0.4, 0.5) is 0 Å². The lowest BCUT2D eigenvalue weighted by atomic mass is 10.0. The van der Waals surface area contributed by atoms with Crippen molar-refractivity contribution in [3.05, 3.63) is 0 Å². The third-order valence-electron chi connectivity index (χ3n) is 10.2. The Hall–Kier alpha value is -0.500. The van der Waals surface area contributed by atoms with E-state index in [1.54, 1.807) is 0 Å². The molecular formula is C42H87N2O6P. The van der Waals surface area contributed by atoms with Crippen LogP contribution in [0.25, 0.3) is 0 Å². The molecule has 3 atom stereocenters. The number of phosphoric ester groups is 1. The van der Waals surface area contributed by atoms with Crippen LogP contribution in [0.3, 0.4) is 0 Å². The van der Waals surface area contributed by atoms with Crippen molar-refractivity contribution < 1.29 is 28.4 Å². The van der Waals surface area contributed by atoms with Gasteiger partial charge in [-0.2, -0.15) is 0 Å². The minimum atomic E-state index is -4.31. The summed E-state index contributed by atoms with van der Waals surface area (Å²) in [6.45, 7) is 4.24. The van der Waals surface area contributed by atoms with E-state index in [9.17, 15) is 19.4 Å². The van der Waals surface area contributed by atoms with Gasteiger partial charge in [0.25, 0.3) is 0 Å². The Morgan fingerprint density at radius 2 is 0.902 bits per heavy atom. The number of aliphatic hydroxyl groups is 1. The fraction of sp³-hybridized carbons (Fsp3) is 0.976. The number of rotatable bonds is 42. The summed E-state index contributed by atoms with van der Waals surface area (Å²) in [5, 5.41) is 13.8. The van der Waals surface area contributed by atoms with E-state index in [1.807, 2.05) is 0 Å². The maximum atomic E-state index is 12.8. The first kappa shape index (κ1) is 50.5. The van der Waals surface area contributed by atoms with Crippen LogP contribution >= 0.6 is 7.82 Å². The number of hydrogen-bond donors (Lipinski definition) is 4. The second-order valence-electron chi connectivity index (χ2n) is 15.3. The fourth-order valence-corrected chi connectivity index (χ4v) is 7.60. The number of unbranched alkanes of at least 4 members (excludes halogenated alkanes) is 30. The van der Waals surface area contributed by atoms with E-state index in [0.29, 0.717) is 12.8 Å². The molecule has 0 aromatic carbocycles. The van der Waals surface area contributed by atoms with Gasteiger partial charge in [0, 0.05) is 13.0 Å². The molecule has 306 valence electrons. The van der Waals surface area contributed by atoms with Crippen molar-refractivity contribution in [3.8, 4) is 0 Å². The van der Waals surface area contributed by atoms with Gasteiger partial charge in [-0.3, -0.25) is 13.8 Å². The predicted octanol–water partition coefficient (Wildman–Crippen LogP) is 12.2. The summed E-state index contributed by atoms with van der Waals surface area (Å²) in [4.78, 5) is 22.7. The van der Waals surface area contributed by atoms with Crippen molar-refractivity contribution in [3.63, 3.8) is 0 Å². The minimum absolute atomic E-state index is 0.0925. The molecule has 3 unspecified atom stereocenters. The molecule has 0 fully saturated rings. The first-order valence-electron chi connectivity index (χ1n) is 22.2. The molecule has 8 nitrogen and oxygen atoms in total. The van der Waals surface area contributed by atoms with Gasteiger partial charge in [-0.15, -0.1) is 0 Å². The topological polar surface area (TPSA) is 131 Å². The first-order valence-corrected chi connectivity index (χ1v) is 23.6. The largest absolute Gasteiger partial charge is 0.472 e. The summed E-state index contributed by atoms with van der Waals surface area (Å²) >= 11 is 0. The van der Waals surface area contributed by atoms with Crippen molar-refractivity contribution in [1.82, 2.24) is 5.32 Å². The number of nitrogens with two attached hydrogens (primary N) is 1. The number of amides is 1. The molecule has 0 aromatic heterocycles. The summed E-state index contributed by atoms with van der Waals surface area (Å²) in [5.74, 6) is -0.157. The Bertz CT molecular complexity index is 774. The van der Waals surface area contributed by atoms with E-state index >= 15 is 0 Å². The number of carbonyl (C=O) groups is 1. The fourth-order valence-electron chi connectivity index (χ4n) is 6.84. The van der Waals surface area contributed by atoms with Crippen molar-refractivity contribution in [2.75, 3.05) is 19.8 Å². The van der Waals surface area contributed by atoms with Gasteiger partial charge in [-0.1, -0.05) is 213 Å². The van der Waals surface area contributed by atoms with E-state index in [4.69, 9.17) is 14.8 Å². The Morgan fingerprint density at radius 1 is 0.569 bits per heavy atom. The van der Waals surface area contributed by atoms with Crippen LogP contribution in [0, 0.1) is 0 Å². The molecule has 0 aliphatic heterocycles. The van der Waals surface area contributed by atoms with Gasteiger partial charge in [-0.25, -0.2) is 4.57 Å². The maximum Gasteiger partial charge on any atom is 0.472 e. The molecule has 5 N–H and O–H groups in total. The van der Waals surface area contributed by atoms with Gasteiger partial charge < -0.3 is 21.1 Å². The molecule has 0 radical (unpaired) electrons. The Kier molecular flexibility index (Phi) is 38.8. The lowest BCUT2D eigenvalue weighted by Gasteiger charge is -2.25. The molecule has 0 aromatic rings. The lowest BCUT2D eigenvalue weighted by Crippen LogP contribution is -2.46. The van der Waals surface area contributed by atoms with Gasteiger partial charge in [0.2, 0.25) is 5.91 Å². The zero-order valence-corrected chi connectivity index (χ0v) is 34.8. The first-order chi connectivity index (χ1) is 24.9. The summed E-state index contributed by atoms with van der Waals surface area (Å²) in [5.41, 5.74) is 5.38. The second-order valence-corrected chi connectivity index (χ2v) is 16.7. The predicted molar refractivity (Wildman–Crippen MR) is 217 cm³/mol. The average Bonchev–Trinajstić information content (AvgIpc) is 3.12. The van der Waals surface area contributed by atoms with Crippen LogP contribution in [0.1, 0.15) is 232 Å². The molecular weight excluding hydrogens is 659 g/mol. The van der Waals surface area contributed by atoms with E-state index in [0.717, 1.165) is 38.5 Å². The Morgan fingerprint density at radius 3 is 1.25 bits per heavy atom. The van der Waals surface area contributed by atoms with Crippen molar-refractivity contribution in [2.45, 2.75) is 244 Å². The number of hydrogen-bond acceptors (Lipinski definition) is 6. The van der Waals surface area contributed by atoms with Crippen LogP contribution in [0.5, 0.6) is 0 Å². The highest BCUT2D eigenvalue weighted by Gasteiger charge is 2.27. The van der Waals surface area contributed by atoms with Crippen LogP contribution in [-0.2, 0) is 18.4 Å². The van der Waals surface area contributed by atoms with Crippen molar-refractivity contribution in [1.29, 1.82) is 0 Å². The zero-order chi connectivity index (χ0) is 37.5. The molecule has 0 saturated carbocycles. The average molecular weight is 747 g/mol. The molecule has 0 heterocycles. The molecule has 51 heavy (non-hydrogen) atoms. The Labute approximate surface area is 316 Å². The number of nitrogens with one attached hydrogen (secondary N) is 1. The molecule has 0 spiro atoms. The molecule has 0 saturated heterocycles. The monoisotopic (exact) mass is 747 g/mol.